The van der Waals surface area contributed by atoms with Gasteiger partial charge in [0.15, 0.2) is 0 Å². The molecule has 0 aromatic heterocycles. The maximum absolute atomic E-state index is 12.4. The second-order valence-corrected chi connectivity index (χ2v) is 7.03. The molecule has 1 saturated heterocycles. The molecule has 0 saturated carbocycles. The molecule has 5 nitrogen and oxygen atoms in total. The van der Waals surface area contributed by atoms with Crippen molar-refractivity contribution in [2.75, 3.05) is 18.4 Å². The first-order chi connectivity index (χ1) is 13.2. The Hall–Kier alpha value is -2.68. The highest BCUT2D eigenvalue weighted by molar-refractivity contribution is 5.94. The van der Waals surface area contributed by atoms with Crippen LogP contribution in [0.15, 0.2) is 48.5 Å². The van der Waals surface area contributed by atoms with E-state index in [1.54, 1.807) is 24.3 Å². The third kappa shape index (κ3) is 5.40. The number of carbonyl (C=O) groups excluding carboxylic acids is 1. The highest BCUT2D eigenvalue weighted by Gasteiger charge is 2.16. The van der Waals surface area contributed by atoms with Crippen LogP contribution in [0.4, 0.5) is 5.69 Å². The summed E-state index contributed by atoms with van der Waals surface area (Å²) >= 11 is 0. The topological polar surface area (TPSA) is 68.2 Å². The smallest absolute Gasteiger partial charge is 0.241 e. The van der Waals surface area contributed by atoms with Gasteiger partial charge in [0.05, 0.1) is 17.7 Å². The Kier molecular flexibility index (Phi) is 6.59. The average Bonchev–Trinajstić information content (AvgIpc) is 3.20. The molecule has 1 amide bonds. The van der Waals surface area contributed by atoms with Crippen LogP contribution in [-0.4, -0.2) is 29.9 Å². The second-order valence-electron chi connectivity index (χ2n) is 7.03. The normalized spacial score (nSPS) is 15.3. The molecule has 2 aromatic rings. The lowest BCUT2D eigenvalue weighted by atomic mass is 10.1. The summed E-state index contributed by atoms with van der Waals surface area (Å²) in [6.45, 7) is 5.84. The van der Waals surface area contributed by atoms with Gasteiger partial charge in [-0.3, -0.25) is 9.69 Å². The Balaban J connectivity index is 1.54. The van der Waals surface area contributed by atoms with Crippen molar-refractivity contribution in [2.45, 2.75) is 38.9 Å². The van der Waals surface area contributed by atoms with E-state index in [1.165, 1.54) is 37.1 Å². The van der Waals surface area contributed by atoms with Gasteiger partial charge in [0, 0.05) is 18.8 Å². The fourth-order valence-corrected chi connectivity index (χ4v) is 3.30. The summed E-state index contributed by atoms with van der Waals surface area (Å²) in [6, 6.07) is 17.1. The first kappa shape index (κ1) is 19.1. The lowest BCUT2D eigenvalue weighted by molar-refractivity contribution is -0.117. The van der Waals surface area contributed by atoms with Crippen molar-refractivity contribution in [2.24, 2.45) is 0 Å². The van der Waals surface area contributed by atoms with Crippen molar-refractivity contribution in [3.05, 3.63) is 65.2 Å². The average molecular weight is 362 g/mol. The number of amides is 1. The number of benzene rings is 2. The number of nitriles is 1. The summed E-state index contributed by atoms with van der Waals surface area (Å²) in [6.07, 6.45) is 2.57. The second kappa shape index (κ2) is 9.31. The molecule has 1 heterocycles. The molecular formula is C22H26N4O. The van der Waals surface area contributed by atoms with Crippen LogP contribution < -0.4 is 10.6 Å². The molecular weight excluding hydrogens is 336 g/mol. The van der Waals surface area contributed by atoms with Crippen LogP contribution in [0.1, 0.15) is 36.5 Å². The minimum atomic E-state index is -0.319. The fraction of sp³-hybridized carbons (Fsp3) is 0.364. The SMILES string of the molecule is C[C@@H](NCc1ccccc1CN1CCCC1)C(=O)Nc1ccc(C#N)cc1. The standard InChI is InChI=1S/C22H26N4O/c1-17(22(27)25-21-10-8-18(14-23)9-11-21)24-15-19-6-2-3-7-20(19)16-26-12-4-5-13-26/h2-3,6-11,17,24H,4-5,12-13,15-16H2,1H3,(H,25,27)/t17-/m1/s1. The molecule has 3 rings (SSSR count). The largest absolute Gasteiger partial charge is 0.325 e. The molecule has 0 unspecified atom stereocenters. The first-order valence-corrected chi connectivity index (χ1v) is 9.49. The van der Waals surface area contributed by atoms with Gasteiger partial charge in [-0.05, 0) is 68.2 Å². The molecule has 2 N–H and O–H groups in total. The van der Waals surface area contributed by atoms with Crippen molar-refractivity contribution in [1.29, 1.82) is 5.26 Å². The lowest BCUT2D eigenvalue weighted by Crippen LogP contribution is -2.37. The molecule has 2 aromatic carbocycles. The van der Waals surface area contributed by atoms with Crippen LogP contribution in [0, 0.1) is 11.3 Å². The molecule has 1 aliphatic heterocycles. The molecule has 1 aliphatic rings. The molecule has 140 valence electrons. The number of hydrogen-bond donors (Lipinski definition) is 2. The minimum Gasteiger partial charge on any atom is -0.325 e. The Morgan fingerprint density at radius 3 is 2.44 bits per heavy atom. The van der Waals surface area contributed by atoms with E-state index in [2.05, 4.69) is 39.8 Å². The molecule has 27 heavy (non-hydrogen) atoms. The van der Waals surface area contributed by atoms with E-state index in [0.717, 1.165) is 6.54 Å². The predicted octanol–water partition coefficient (Wildman–Crippen LogP) is 3.27. The molecule has 1 atom stereocenters. The van der Waals surface area contributed by atoms with E-state index in [4.69, 9.17) is 5.26 Å². The maximum atomic E-state index is 12.4. The van der Waals surface area contributed by atoms with Gasteiger partial charge >= 0.3 is 0 Å². The number of likely N-dealkylation sites (tertiary alicyclic amines) is 1. The molecule has 1 fully saturated rings. The highest BCUT2D eigenvalue weighted by atomic mass is 16.2. The summed E-state index contributed by atoms with van der Waals surface area (Å²) < 4.78 is 0. The van der Waals surface area contributed by atoms with Gasteiger partial charge in [-0.1, -0.05) is 24.3 Å². The highest BCUT2D eigenvalue weighted by Crippen LogP contribution is 2.16. The van der Waals surface area contributed by atoms with Crippen LogP contribution in [0.3, 0.4) is 0 Å². The summed E-state index contributed by atoms with van der Waals surface area (Å²) in [4.78, 5) is 14.9. The van der Waals surface area contributed by atoms with Gasteiger partial charge in [0.25, 0.3) is 0 Å². The zero-order valence-corrected chi connectivity index (χ0v) is 15.7. The Morgan fingerprint density at radius 1 is 1.11 bits per heavy atom. The van der Waals surface area contributed by atoms with Crippen molar-refractivity contribution in [1.82, 2.24) is 10.2 Å². The number of rotatable bonds is 7. The Bertz CT molecular complexity index is 804. The number of nitrogens with zero attached hydrogens (tertiary/aromatic N) is 2. The van der Waals surface area contributed by atoms with Crippen LogP contribution in [0.5, 0.6) is 0 Å². The van der Waals surface area contributed by atoms with E-state index >= 15 is 0 Å². The first-order valence-electron chi connectivity index (χ1n) is 9.49. The van der Waals surface area contributed by atoms with Crippen LogP contribution in [0.2, 0.25) is 0 Å². The van der Waals surface area contributed by atoms with Crippen molar-refractivity contribution >= 4 is 11.6 Å². The van der Waals surface area contributed by atoms with E-state index in [0.29, 0.717) is 17.8 Å². The van der Waals surface area contributed by atoms with E-state index in [-0.39, 0.29) is 11.9 Å². The quantitative estimate of drug-likeness (QED) is 0.793. The zero-order chi connectivity index (χ0) is 19.1. The third-order valence-electron chi connectivity index (χ3n) is 4.98. The summed E-state index contributed by atoms with van der Waals surface area (Å²) in [5.41, 5.74) is 3.84. The van der Waals surface area contributed by atoms with Crippen molar-refractivity contribution in [3.8, 4) is 6.07 Å². The number of nitrogens with one attached hydrogen (secondary N) is 2. The summed E-state index contributed by atoms with van der Waals surface area (Å²) in [5.74, 6) is -0.0864. The third-order valence-corrected chi connectivity index (χ3v) is 4.98. The van der Waals surface area contributed by atoms with E-state index in [1.807, 2.05) is 13.0 Å². The van der Waals surface area contributed by atoms with Gasteiger partial charge in [-0.2, -0.15) is 5.26 Å². The van der Waals surface area contributed by atoms with Crippen molar-refractivity contribution < 1.29 is 4.79 Å². The van der Waals surface area contributed by atoms with Gasteiger partial charge in [-0.25, -0.2) is 0 Å². The Morgan fingerprint density at radius 2 is 1.78 bits per heavy atom. The van der Waals surface area contributed by atoms with E-state index < -0.39 is 0 Å². The fourth-order valence-electron chi connectivity index (χ4n) is 3.30. The van der Waals surface area contributed by atoms with Crippen molar-refractivity contribution in [3.63, 3.8) is 0 Å². The van der Waals surface area contributed by atoms with Gasteiger partial charge in [0.1, 0.15) is 0 Å². The summed E-state index contributed by atoms with van der Waals surface area (Å²) in [7, 11) is 0. The Labute approximate surface area is 161 Å². The zero-order valence-electron chi connectivity index (χ0n) is 15.7. The molecule has 0 bridgehead atoms. The monoisotopic (exact) mass is 362 g/mol. The number of carbonyl (C=O) groups is 1. The molecule has 0 aliphatic carbocycles. The number of anilines is 1. The number of hydrogen-bond acceptors (Lipinski definition) is 4. The lowest BCUT2D eigenvalue weighted by Gasteiger charge is -2.19. The van der Waals surface area contributed by atoms with Gasteiger partial charge < -0.3 is 10.6 Å². The maximum Gasteiger partial charge on any atom is 0.241 e. The molecule has 5 heteroatoms. The van der Waals surface area contributed by atoms with Gasteiger partial charge in [-0.15, -0.1) is 0 Å². The van der Waals surface area contributed by atoms with Crippen LogP contribution >= 0.6 is 0 Å². The molecule has 0 radical (unpaired) electrons. The van der Waals surface area contributed by atoms with Crippen LogP contribution in [0.25, 0.3) is 0 Å². The predicted molar refractivity (Wildman–Crippen MR) is 107 cm³/mol. The molecule has 0 spiro atoms. The van der Waals surface area contributed by atoms with E-state index in [9.17, 15) is 4.79 Å². The van der Waals surface area contributed by atoms with Crippen LogP contribution in [-0.2, 0) is 17.9 Å². The van der Waals surface area contributed by atoms with Gasteiger partial charge in [0.2, 0.25) is 5.91 Å². The minimum absolute atomic E-state index is 0.0864. The summed E-state index contributed by atoms with van der Waals surface area (Å²) in [5, 5.41) is 15.0.